The van der Waals surface area contributed by atoms with Gasteiger partial charge in [0, 0.05) is 19.3 Å². The third-order valence-electron chi connectivity index (χ3n) is 3.30. The monoisotopic (exact) mass is 246 g/mol. The van der Waals surface area contributed by atoms with Crippen molar-refractivity contribution >= 4 is 5.91 Å². The minimum atomic E-state index is -0.0305. The molecule has 18 heavy (non-hydrogen) atoms. The minimum Gasteiger partial charge on any atom is -0.459 e. The zero-order valence-corrected chi connectivity index (χ0v) is 9.90. The van der Waals surface area contributed by atoms with E-state index in [-0.39, 0.29) is 5.91 Å². The van der Waals surface area contributed by atoms with E-state index in [0.717, 1.165) is 25.9 Å². The molecule has 0 N–H and O–H groups in total. The molecule has 3 rings (SSSR count). The normalized spacial score (nSPS) is 17.0. The summed E-state index contributed by atoms with van der Waals surface area (Å²) in [7, 11) is 0. The molecule has 3 heterocycles. The molecule has 0 atom stereocenters. The summed E-state index contributed by atoms with van der Waals surface area (Å²) < 4.78 is 7.00. The van der Waals surface area contributed by atoms with Gasteiger partial charge in [-0.25, -0.2) is 4.68 Å². The number of carbonyl (C=O) groups excluding carboxylic acids is 1. The minimum absolute atomic E-state index is 0.0305. The van der Waals surface area contributed by atoms with Gasteiger partial charge < -0.3 is 9.32 Å². The van der Waals surface area contributed by atoms with Crippen molar-refractivity contribution in [2.75, 3.05) is 13.1 Å². The van der Waals surface area contributed by atoms with Crippen LogP contribution >= 0.6 is 0 Å². The van der Waals surface area contributed by atoms with E-state index in [9.17, 15) is 4.79 Å². The second-order valence-corrected chi connectivity index (χ2v) is 4.38. The van der Waals surface area contributed by atoms with Crippen molar-refractivity contribution in [2.24, 2.45) is 0 Å². The van der Waals surface area contributed by atoms with E-state index in [4.69, 9.17) is 4.42 Å². The maximum absolute atomic E-state index is 12.1. The van der Waals surface area contributed by atoms with Crippen molar-refractivity contribution in [3.63, 3.8) is 0 Å². The van der Waals surface area contributed by atoms with Crippen LogP contribution in [-0.4, -0.2) is 38.9 Å². The molecule has 1 saturated heterocycles. The van der Waals surface area contributed by atoms with Gasteiger partial charge in [-0.3, -0.25) is 4.79 Å². The third kappa shape index (κ3) is 2.01. The van der Waals surface area contributed by atoms with Crippen molar-refractivity contribution in [3.05, 3.63) is 36.5 Å². The van der Waals surface area contributed by atoms with Crippen LogP contribution in [0.1, 0.15) is 29.4 Å². The van der Waals surface area contributed by atoms with Crippen LogP contribution in [0.3, 0.4) is 0 Å². The molecule has 0 bridgehead atoms. The number of piperidine rings is 1. The smallest absolute Gasteiger partial charge is 0.289 e. The van der Waals surface area contributed by atoms with E-state index in [1.807, 2.05) is 15.8 Å². The standard InChI is InChI=1S/C12H14N4O2/c17-12(11-2-1-9-18-11)15-6-3-10(4-7-15)16-8-5-13-14-16/h1-2,5,8-10H,3-4,6-7H2. The van der Waals surface area contributed by atoms with Crippen LogP contribution in [0.25, 0.3) is 0 Å². The first-order valence-corrected chi connectivity index (χ1v) is 6.03. The average molecular weight is 246 g/mol. The number of amides is 1. The molecule has 6 heteroatoms. The highest BCUT2D eigenvalue weighted by Crippen LogP contribution is 2.22. The average Bonchev–Trinajstić information content (AvgIpc) is 3.11. The predicted octanol–water partition coefficient (Wildman–Crippen LogP) is 1.35. The molecular formula is C12H14N4O2. The van der Waals surface area contributed by atoms with Gasteiger partial charge in [-0.15, -0.1) is 5.10 Å². The van der Waals surface area contributed by atoms with Gasteiger partial charge in [0.05, 0.1) is 18.5 Å². The van der Waals surface area contributed by atoms with Crippen molar-refractivity contribution in [1.29, 1.82) is 0 Å². The van der Waals surface area contributed by atoms with Crippen LogP contribution < -0.4 is 0 Å². The Balaban J connectivity index is 1.62. The molecule has 1 amide bonds. The van der Waals surface area contributed by atoms with Crippen LogP contribution in [0.5, 0.6) is 0 Å². The molecule has 0 aromatic carbocycles. The summed E-state index contributed by atoms with van der Waals surface area (Å²) in [5.74, 6) is 0.381. The molecule has 1 fully saturated rings. The molecule has 0 aliphatic carbocycles. The Bertz CT molecular complexity index is 498. The van der Waals surface area contributed by atoms with Gasteiger partial charge >= 0.3 is 0 Å². The van der Waals surface area contributed by atoms with Crippen molar-refractivity contribution in [3.8, 4) is 0 Å². The third-order valence-corrected chi connectivity index (χ3v) is 3.30. The van der Waals surface area contributed by atoms with Crippen LogP contribution in [0.15, 0.2) is 35.2 Å². The highest BCUT2D eigenvalue weighted by atomic mass is 16.3. The Labute approximate surface area is 104 Å². The summed E-state index contributed by atoms with van der Waals surface area (Å²) in [6.45, 7) is 1.45. The second-order valence-electron chi connectivity index (χ2n) is 4.38. The van der Waals surface area contributed by atoms with E-state index < -0.39 is 0 Å². The maximum Gasteiger partial charge on any atom is 0.289 e. The molecule has 0 spiro atoms. The summed E-state index contributed by atoms with van der Waals surface area (Å²) in [6, 6.07) is 3.77. The molecule has 6 nitrogen and oxygen atoms in total. The Kier molecular flexibility index (Phi) is 2.84. The first-order valence-electron chi connectivity index (χ1n) is 6.03. The number of likely N-dealkylation sites (tertiary alicyclic amines) is 1. The summed E-state index contributed by atoms with van der Waals surface area (Å²) in [4.78, 5) is 13.9. The fraction of sp³-hybridized carbons (Fsp3) is 0.417. The van der Waals surface area contributed by atoms with Crippen LogP contribution in [0.2, 0.25) is 0 Å². The lowest BCUT2D eigenvalue weighted by Crippen LogP contribution is -2.39. The van der Waals surface area contributed by atoms with Crippen molar-refractivity contribution in [1.82, 2.24) is 19.9 Å². The quantitative estimate of drug-likeness (QED) is 0.802. The molecule has 0 unspecified atom stereocenters. The molecule has 2 aromatic rings. The highest BCUT2D eigenvalue weighted by Gasteiger charge is 2.25. The van der Waals surface area contributed by atoms with Gasteiger partial charge in [-0.2, -0.15) is 0 Å². The van der Waals surface area contributed by atoms with Gasteiger partial charge in [-0.05, 0) is 25.0 Å². The number of aromatic nitrogens is 3. The van der Waals surface area contributed by atoms with Crippen molar-refractivity contribution < 1.29 is 9.21 Å². The number of furan rings is 1. The number of rotatable bonds is 2. The van der Waals surface area contributed by atoms with Crippen LogP contribution in [0, 0.1) is 0 Å². The first kappa shape index (κ1) is 11.0. The van der Waals surface area contributed by atoms with Gasteiger partial charge in [0.1, 0.15) is 0 Å². The number of hydrogen-bond donors (Lipinski definition) is 0. The maximum atomic E-state index is 12.1. The van der Waals surface area contributed by atoms with E-state index >= 15 is 0 Å². The zero-order valence-electron chi connectivity index (χ0n) is 9.90. The lowest BCUT2D eigenvalue weighted by Gasteiger charge is -2.31. The molecule has 1 aliphatic heterocycles. The van der Waals surface area contributed by atoms with E-state index in [0.29, 0.717) is 11.8 Å². The zero-order chi connectivity index (χ0) is 12.4. The summed E-state index contributed by atoms with van der Waals surface area (Å²) in [5, 5.41) is 7.81. The van der Waals surface area contributed by atoms with Gasteiger partial charge in [0.2, 0.25) is 0 Å². The van der Waals surface area contributed by atoms with E-state index in [1.54, 1.807) is 18.3 Å². The summed E-state index contributed by atoms with van der Waals surface area (Å²) >= 11 is 0. The van der Waals surface area contributed by atoms with E-state index in [1.165, 1.54) is 6.26 Å². The molecule has 0 radical (unpaired) electrons. The van der Waals surface area contributed by atoms with Gasteiger partial charge in [0.25, 0.3) is 5.91 Å². The molecule has 2 aromatic heterocycles. The molecule has 1 aliphatic rings. The topological polar surface area (TPSA) is 64.2 Å². The second kappa shape index (κ2) is 4.64. The Morgan fingerprint density at radius 3 is 2.83 bits per heavy atom. The lowest BCUT2D eigenvalue weighted by atomic mass is 10.1. The highest BCUT2D eigenvalue weighted by molar-refractivity contribution is 5.91. The van der Waals surface area contributed by atoms with Crippen LogP contribution in [0.4, 0.5) is 0 Å². The number of hydrogen-bond acceptors (Lipinski definition) is 4. The predicted molar refractivity (Wildman–Crippen MR) is 62.9 cm³/mol. The Morgan fingerprint density at radius 1 is 1.39 bits per heavy atom. The van der Waals surface area contributed by atoms with Crippen LogP contribution in [-0.2, 0) is 0 Å². The largest absolute Gasteiger partial charge is 0.459 e. The van der Waals surface area contributed by atoms with Gasteiger partial charge in [-0.1, -0.05) is 5.21 Å². The lowest BCUT2D eigenvalue weighted by molar-refractivity contribution is 0.0657. The SMILES string of the molecule is O=C(c1ccco1)N1CCC(n2ccnn2)CC1. The first-order chi connectivity index (χ1) is 8.84. The molecular weight excluding hydrogens is 232 g/mol. The molecule has 0 saturated carbocycles. The Morgan fingerprint density at radius 2 is 2.22 bits per heavy atom. The molecule has 94 valence electrons. The summed E-state index contributed by atoms with van der Waals surface area (Å²) in [6.07, 6.45) is 6.87. The number of carbonyl (C=O) groups is 1. The van der Waals surface area contributed by atoms with E-state index in [2.05, 4.69) is 10.3 Å². The fourth-order valence-electron chi connectivity index (χ4n) is 2.30. The number of nitrogens with zero attached hydrogens (tertiary/aromatic N) is 4. The summed E-state index contributed by atoms with van der Waals surface area (Å²) in [5.41, 5.74) is 0. The van der Waals surface area contributed by atoms with Crippen molar-refractivity contribution in [2.45, 2.75) is 18.9 Å². The Hall–Kier alpha value is -2.11. The van der Waals surface area contributed by atoms with Gasteiger partial charge in [0.15, 0.2) is 5.76 Å². The fourth-order valence-corrected chi connectivity index (χ4v) is 2.30.